The smallest absolute Gasteiger partial charge is 0.231 e. The van der Waals surface area contributed by atoms with E-state index in [2.05, 4.69) is 29.3 Å². The van der Waals surface area contributed by atoms with E-state index in [1.807, 2.05) is 18.2 Å². The van der Waals surface area contributed by atoms with Crippen LogP contribution in [0.25, 0.3) is 11.8 Å². The van der Waals surface area contributed by atoms with Crippen molar-refractivity contribution in [1.82, 2.24) is 4.90 Å². The van der Waals surface area contributed by atoms with E-state index in [9.17, 15) is 4.39 Å². The van der Waals surface area contributed by atoms with Crippen LogP contribution in [0.15, 0.2) is 48.5 Å². The lowest BCUT2D eigenvalue weighted by Crippen LogP contribution is -2.44. The van der Waals surface area contributed by atoms with E-state index in [1.165, 1.54) is 17.2 Å². The number of hydrogen-bond acceptors (Lipinski definition) is 5. The van der Waals surface area contributed by atoms with Crippen molar-refractivity contribution >= 4 is 11.8 Å². The van der Waals surface area contributed by atoms with Crippen LogP contribution in [0, 0.1) is 5.82 Å². The van der Waals surface area contributed by atoms with E-state index >= 15 is 0 Å². The first kappa shape index (κ1) is 20.0. The molecule has 6 rings (SSSR count). The molecule has 0 fully saturated rings. The highest BCUT2D eigenvalue weighted by atomic mass is 19.1. The van der Waals surface area contributed by atoms with Crippen LogP contribution in [0.4, 0.5) is 4.39 Å². The first-order valence-corrected chi connectivity index (χ1v) is 11.1. The third-order valence-electron chi connectivity index (χ3n) is 6.79. The zero-order valence-electron chi connectivity index (χ0n) is 18.6. The molecule has 0 bridgehead atoms. The van der Waals surface area contributed by atoms with Gasteiger partial charge in [-0.2, -0.15) is 0 Å². The first-order chi connectivity index (χ1) is 16.2. The van der Waals surface area contributed by atoms with Crippen LogP contribution in [0.5, 0.6) is 23.0 Å². The second-order valence-electron chi connectivity index (χ2n) is 8.48. The van der Waals surface area contributed by atoms with Crippen molar-refractivity contribution in [3.63, 3.8) is 0 Å². The molecule has 3 heterocycles. The van der Waals surface area contributed by atoms with Crippen LogP contribution in [-0.2, 0) is 12.8 Å². The van der Waals surface area contributed by atoms with Crippen LogP contribution < -0.4 is 29.4 Å². The Balaban J connectivity index is 1.62. The molecule has 6 heteroatoms. The average Bonchev–Trinajstić information content (AvgIpc) is 3.30. The largest absolute Gasteiger partial charge is 0.493 e. The molecular weight excluding hydrogens is 421 g/mol. The predicted molar refractivity (Wildman–Crippen MR) is 122 cm³/mol. The molecule has 3 aliphatic rings. The molecular formula is C27H24FNO4. The van der Waals surface area contributed by atoms with Crippen molar-refractivity contribution in [3.8, 4) is 23.0 Å². The zero-order chi connectivity index (χ0) is 22.5. The fourth-order valence-corrected chi connectivity index (χ4v) is 5.27. The van der Waals surface area contributed by atoms with Crippen molar-refractivity contribution in [2.75, 3.05) is 27.6 Å². The van der Waals surface area contributed by atoms with Gasteiger partial charge >= 0.3 is 0 Å². The zero-order valence-corrected chi connectivity index (χ0v) is 18.6. The Morgan fingerprint density at radius 3 is 2.64 bits per heavy atom. The number of rotatable bonds is 4. The standard InChI is InChI=1S/C27H24FNO4/c1-30-23-8-7-18-20(11-17-5-3-4-6-22(17)28)26-19-13-25-24(32-15-33-25)12-16(19)9-10-29(26)14-21(18)27(23)31-2/h3-8,12-14,26H,9-11,15H2,1-2H3. The highest BCUT2D eigenvalue weighted by molar-refractivity contribution is 5.67. The summed E-state index contributed by atoms with van der Waals surface area (Å²) in [6, 6.07) is 15.1. The van der Waals surface area contributed by atoms with Crippen LogP contribution in [0.2, 0.25) is 0 Å². The summed E-state index contributed by atoms with van der Waals surface area (Å²) in [6.45, 7) is 1.07. The number of fused-ring (bicyclic) bond motifs is 5. The first-order valence-electron chi connectivity index (χ1n) is 11.1. The quantitative estimate of drug-likeness (QED) is 0.616. The summed E-state index contributed by atoms with van der Waals surface area (Å²) in [5.41, 5.74) is 4.21. The van der Waals surface area contributed by atoms with Crippen molar-refractivity contribution in [1.29, 1.82) is 0 Å². The molecule has 0 radical (unpaired) electrons. The van der Waals surface area contributed by atoms with E-state index in [0.717, 1.165) is 40.5 Å². The van der Waals surface area contributed by atoms with Crippen LogP contribution >= 0.6 is 0 Å². The maximum atomic E-state index is 14.8. The van der Waals surface area contributed by atoms with Gasteiger partial charge in [0.2, 0.25) is 6.79 Å². The Morgan fingerprint density at radius 2 is 1.85 bits per heavy atom. The molecule has 1 unspecified atom stereocenters. The highest BCUT2D eigenvalue weighted by Crippen LogP contribution is 2.44. The summed E-state index contributed by atoms with van der Waals surface area (Å²) >= 11 is 0. The van der Waals surface area contributed by atoms with Crippen LogP contribution in [-0.4, -0.2) is 32.5 Å². The molecule has 33 heavy (non-hydrogen) atoms. The highest BCUT2D eigenvalue weighted by Gasteiger charge is 2.34. The summed E-state index contributed by atoms with van der Waals surface area (Å²) < 4.78 is 37.4. The minimum atomic E-state index is -0.199. The molecule has 0 aromatic heterocycles. The van der Waals surface area contributed by atoms with Gasteiger partial charge in [0.15, 0.2) is 23.0 Å². The SMILES string of the molecule is COc1ccc2c(c1OC)=CN1CCc3cc4c(cc3C1C=2Cc1ccccc1F)OCO4. The van der Waals surface area contributed by atoms with E-state index in [4.69, 9.17) is 18.9 Å². The van der Waals surface area contributed by atoms with Crippen molar-refractivity contribution in [2.24, 2.45) is 0 Å². The predicted octanol–water partition coefficient (Wildman–Crippen LogP) is 3.32. The molecule has 0 saturated heterocycles. The maximum Gasteiger partial charge on any atom is 0.231 e. The minimum Gasteiger partial charge on any atom is -0.493 e. The van der Waals surface area contributed by atoms with Gasteiger partial charge in [0.1, 0.15) is 5.82 Å². The number of ether oxygens (including phenoxy) is 4. The lowest BCUT2D eigenvalue weighted by Gasteiger charge is -2.40. The van der Waals surface area contributed by atoms with E-state index < -0.39 is 0 Å². The van der Waals surface area contributed by atoms with Gasteiger partial charge in [-0.3, -0.25) is 0 Å². The third kappa shape index (κ3) is 3.12. The molecule has 0 aliphatic carbocycles. The van der Waals surface area contributed by atoms with Gasteiger partial charge < -0.3 is 23.8 Å². The number of halogens is 1. The molecule has 5 nitrogen and oxygen atoms in total. The summed E-state index contributed by atoms with van der Waals surface area (Å²) in [6.07, 6.45) is 3.52. The second-order valence-corrected chi connectivity index (χ2v) is 8.48. The summed E-state index contributed by atoms with van der Waals surface area (Å²) in [4.78, 5) is 2.32. The molecule has 0 saturated carbocycles. The summed E-state index contributed by atoms with van der Waals surface area (Å²) in [5.74, 6) is 2.73. The van der Waals surface area contributed by atoms with E-state index in [-0.39, 0.29) is 18.7 Å². The van der Waals surface area contributed by atoms with Gasteiger partial charge in [-0.25, -0.2) is 4.39 Å². The molecule has 3 aliphatic heterocycles. The van der Waals surface area contributed by atoms with Crippen LogP contribution in [0.3, 0.4) is 0 Å². The fraction of sp³-hybridized carbons (Fsp3) is 0.259. The third-order valence-corrected chi connectivity index (χ3v) is 6.79. The Kier molecular flexibility index (Phi) is 4.68. The van der Waals surface area contributed by atoms with E-state index in [0.29, 0.717) is 23.5 Å². The molecule has 168 valence electrons. The minimum absolute atomic E-state index is 0.0338. The Labute approximate surface area is 191 Å². The Morgan fingerprint density at radius 1 is 1.03 bits per heavy atom. The van der Waals surface area contributed by atoms with E-state index in [1.54, 1.807) is 20.3 Å². The topological polar surface area (TPSA) is 40.2 Å². The second kappa shape index (κ2) is 7.73. The molecule has 0 amide bonds. The number of nitrogens with zero attached hydrogens (tertiary/aromatic N) is 1. The van der Waals surface area contributed by atoms with Gasteiger partial charge in [-0.05, 0) is 64.6 Å². The van der Waals surface area contributed by atoms with Gasteiger partial charge in [0, 0.05) is 18.0 Å². The Hall–Kier alpha value is -3.67. The number of methoxy groups -OCH3 is 2. The monoisotopic (exact) mass is 445 g/mol. The summed E-state index contributed by atoms with van der Waals surface area (Å²) in [7, 11) is 3.29. The van der Waals surface area contributed by atoms with Crippen molar-refractivity contribution in [2.45, 2.75) is 18.9 Å². The van der Waals surface area contributed by atoms with Crippen molar-refractivity contribution in [3.05, 3.63) is 81.5 Å². The molecule has 3 aromatic rings. The number of hydrogen-bond donors (Lipinski definition) is 0. The number of benzene rings is 3. The van der Waals surface area contributed by atoms with Gasteiger partial charge in [0.05, 0.1) is 20.3 Å². The Bertz CT molecular complexity index is 1380. The van der Waals surface area contributed by atoms with Crippen LogP contribution in [0.1, 0.15) is 22.7 Å². The molecule has 3 aromatic carbocycles. The van der Waals surface area contributed by atoms with Crippen molar-refractivity contribution < 1.29 is 23.3 Å². The molecule has 0 N–H and O–H groups in total. The lowest BCUT2D eigenvalue weighted by atomic mass is 9.82. The normalized spacial score (nSPS) is 17.6. The lowest BCUT2D eigenvalue weighted by molar-refractivity contribution is 0.174. The fourth-order valence-electron chi connectivity index (χ4n) is 5.27. The van der Waals surface area contributed by atoms with Gasteiger partial charge in [-0.15, -0.1) is 0 Å². The van der Waals surface area contributed by atoms with Gasteiger partial charge in [-0.1, -0.05) is 24.3 Å². The maximum absolute atomic E-state index is 14.8. The average molecular weight is 445 g/mol. The van der Waals surface area contributed by atoms with Gasteiger partial charge in [0.25, 0.3) is 0 Å². The molecule has 1 atom stereocenters. The molecule has 0 spiro atoms. The summed E-state index contributed by atoms with van der Waals surface area (Å²) in [5, 5.41) is 2.01.